The van der Waals surface area contributed by atoms with Crippen LogP contribution in [0.25, 0.3) is 0 Å². The van der Waals surface area contributed by atoms with Crippen molar-refractivity contribution in [1.29, 1.82) is 0 Å². The van der Waals surface area contributed by atoms with E-state index in [1.165, 1.54) is 24.3 Å². The van der Waals surface area contributed by atoms with Crippen molar-refractivity contribution >= 4 is 17.7 Å². The maximum atomic E-state index is 12.2. The SMILES string of the molecule is O=C(O)c1ccccc1SC[C@H]1O[C@@H]2O[C@H]3[C@H](O)[C@@H](O)[C@@H](O[C@H]4[C@H](O)[C@@H](O)[C@@H](O[C@H]5[C@H](O)[C@@H](O)[C@@H](O[C@H]6[C@H](O)[C@@H](O)[C@@H](O[C@H]7[C@@H](O)[C@H](O)[C@@H](O[C@H]8[C@H](O)[C@@H](O)[C@@H](O[C@H]9[C@@H](O)[C@@H](O)[C@@H](O[C@H]1[C@H](O)[C@H]2O)O[C@@H]9CO)O[C@@H]8CO)O[C@@H]7CO)O[C@@H]6CO)O[C@@H]5CO)O[C@@H]4CO)O[C@@H]3CO. The number of aliphatic hydroxyl groups excluding tert-OH is 23. The van der Waals surface area contributed by atoms with Gasteiger partial charge in [-0.05, 0) is 12.1 Å². The highest BCUT2D eigenvalue weighted by molar-refractivity contribution is 7.99. The fourth-order valence-corrected chi connectivity index (χ4v) is 13.9. The minimum Gasteiger partial charge on any atom is -0.478 e. The number of ether oxygens (including phenoxy) is 16. The molecule has 1 aromatic rings. The molecule has 30 saturated heterocycles. The van der Waals surface area contributed by atoms with Crippen molar-refractivity contribution < 1.29 is 203 Å². The number of carboxylic acids is 1. The van der Waals surface area contributed by atoms with Crippen LogP contribution in [0.1, 0.15) is 10.4 Å². The summed E-state index contributed by atoms with van der Waals surface area (Å²) in [7, 11) is 0. The Morgan fingerprint density at radius 2 is 0.443 bits per heavy atom. The number of thioether (sulfide) groups is 1. The minimum atomic E-state index is -2.29. The van der Waals surface area contributed by atoms with Crippen LogP contribution in [-0.2, 0) is 75.8 Å². The van der Waals surface area contributed by atoms with Gasteiger partial charge in [-0.2, -0.15) is 0 Å². The van der Waals surface area contributed by atoms with Crippen molar-refractivity contribution in [1.82, 2.24) is 0 Å². The Morgan fingerprint density at radius 3 is 0.629 bits per heavy atom. The summed E-state index contributed by atoms with van der Waals surface area (Å²) in [6.45, 7) is -7.68. The molecule has 0 spiro atoms. The van der Waals surface area contributed by atoms with E-state index in [2.05, 4.69) is 0 Å². The molecule has 24 N–H and O–H groups in total. The van der Waals surface area contributed by atoms with E-state index in [1.807, 2.05) is 0 Å². The van der Waals surface area contributed by atoms with Gasteiger partial charge in [0.05, 0.1) is 57.9 Å². The van der Waals surface area contributed by atoms with E-state index >= 15 is 0 Å². The van der Waals surface area contributed by atoms with Gasteiger partial charge in [-0.1, -0.05) is 12.1 Å². The zero-order valence-corrected chi connectivity index (χ0v) is 51.5. The number of hydrogen-bond donors (Lipinski definition) is 24. The second kappa shape index (κ2) is 33.1. The molecule has 0 aliphatic carbocycles. The minimum absolute atomic E-state index is 0.110. The topological polar surface area (TPSA) is 650 Å². The van der Waals surface area contributed by atoms with Gasteiger partial charge in [0.15, 0.2) is 50.3 Å². The highest BCUT2D eigenvalue weighted by Crippen LogP contribution is 2.41. The van der Waals surface area contributed by atoms with Gasteiger partial charge in [0.25, 0.3) is 0 Å². The van der Waals surface area contributed by atoms with Gasteiger partial charge in [0.1, 0.15) is 189 Å². The Labute approximate surface area is 551 Å². The maximum Gasteiger partial charge on any atom is 0.336 e. The number of benzene rings is 1. The summed E-state index contributed by atoms with van der Waals surface area (Å²) < 4.78 is 92.8. The van der Waals surface area contributed by atoms with E-state index in [-0.39, 0.29) is 10.5 Å². The summed E-state index contributed by atoms with van der Waals surface area (Å²) in [4.78, 5) is 12.4. The number of carbonyl (C=O) groups is 1. The molecule has 0 unspecified atom stereocenters. The number of aromatic carboxylic acids is 1. The molecular weight excluding hydrogens is 1350 g/mol. The van der Waals surface area contributed by atoms with Crippen LogP contribution in [0.2, 0.25) is 0 Å². The van der Waals surface area contributed by atoms with Crippen molar-refractivity contribution in [2.45, 2.75) is 251 Å². The molecule has 30 fully saturated rings. The third-order valence-corrected chi connectivity index (χ3v) is 19.4. The average Bonchev–Trinajstić information content (AvgIpc) is 0.780. The largest absolute Gasteiger partial charge is 0.478 e. The van der Waals surface area contributed by atoms with Gasteiger partial charge >= 0.3 is 5.97 Å². The Kier molecular flexibility index (Phi) is 26.3. The lowest BCUT2D eigenvalue weighted by Crippen LogP contribution is -2.69. The molecule has 30 heterocycles. The first-order valence-corrected chi connectivity index (χ1v) is 31.8. The van der Waals surface area contributed by atoms with Crippen molar-refractivity contribution in [3.8, 4) is 0 Å². The predicted octanol–water partition coefficient (Wildman–Crippen LogP) is -14.9. The zero-order valence-electron chi connectivity index (χ0n) is 50.6. The first-order chi connectivity index (χ1) is 46.2. The van der Waals surface area contributed by atoms with E-state index in [4.69, 9.17) is 75.8 Å². The average molecular weight is 1430 g/mol. The van der Waals surface area contributed by atoms with E-state index in [0.717, 1.165) is 11.8 Å². The lowest BCUT2D eigenvalue weighted by molar-refractivity contribution is -0.403. The Bertz CT molecular complexity index is 2630. The van der Waals surface area contributed by atoms with Crippen LogP contribution in [0.15, 0.2) is 29.2 Å². The van der Waals surface area contributed by atoms with Crippen molar-refractivity contribution in [3.05, 3.63) is 29.8 Å². The summed E-state index contributed by atoms with van der Waals surface area (Å²) in [5.74, 6) is -1.81. The molecule has 97 heavy (non-hydrogen) atoms. The van der Waals surface area contributed by atoms with Crippen LogP contribution in [-0.4, -0.2) is 426 Å². The monoisotopic (exact) mass is 1430 g/mol. The fraction of sp³-hybridized carbons (Fsp3) is 0.873. The maximum absolute atomic E-state index is 12.2. The number of carboxylic acid groups (broad SMARTS) is 1. The molecule has 0 aromatic heterocycles. The fourth-order valence-electron chi connectivity index (χ4n) is 12.8. The van der Waals surface area contributed by atoms with Crippen LogP contribution in [0.5, 0.6) is 0 Å². The van der Waals surface area contributed by atoms with Crippen LogP contribution < -0.4 is 0 Å². The second-order valence-electron chi connectivity index (χ2n) is 24.4. The Hall–Kier alpha value is -2.52. The van der Waals surface area contributed by atoms with Crippen molar-refractivity contribution in [2.75, 3.05) is 52.0 Å². The first-order valence-electron chi connectivity index (χ1n) is 30.8. The molecule has 0 radical (unpaired) electrons. The molecule has 30 aliphatic rings. The van der Waals surface area contributed by atoms with E-state index in [0.29, 0.717) is 0 Å². The van der Waals surface area contributed by atoms with E-state index in [1.54, 1.807) is 0 Å². The van der Waals surface area contributed by atoms with E-state index in [9.17, 15) is 127 Å². The standard InChI is InChI=1S/C55H84O41S/c56-5-14-39-23(63)31(71)48(81-14)90-40-15(6-57)83-50(33(73)25(40)65)92-42-17(8-59)85-52(35(75)27(42)67)94-44-19(10-61)87-54(37(77)29(44)69)96-46-21(12-97-22-4-2-1-3-13(22)47(79)80)88-55(38(78)30(46)70)95-45-20(11-62)86-53(36(76)28(45)68)93-43-18(9-60)84-51(34(74)26(43)66)91-41-16(7-58)82-49(89-39)32(72)24(41)64/h1-4,14-21,23-46,48-78H,5-12H2,(H,79,80)/t14-,15-,16-,17-,18-,19-,20-,21-,23-,24-,25+,26-,27-,28-,29+,30-,31-,32-,33+,34-,35-,36-,37-,38-,39-,40-,41-,42-,43-,44-,45-,46-,48-,49-,50-,51-,52-,53-,54-,55-/m1/s1. The van der Waals surface area contributed by atoms with Crippen LogP contribution >= 0.6 is 11.8 Å². The molecule has 31 rings (SSSR count). The summed E-state index contributed by atoms with van der Waals surface area (Å²) in [5.41, 5.74) is -0.214. The molecule has 16 bridgehead atoms. The molecule has 0 saturated carbocycles. The number of rotatable bonds is 11. The molecule has 556 valence electrons. The normalized spacial score (nSPS) is 51.2. The van der Waals surface area contributed by atoms with Gasteiger partial charge in [0, 0.05) is 10.6 Å². The predicted molar refractivity (Wildman–Crippen MR) is 298 cm³/mol. The first kappa shape index (κ1) is 77.1. The van der Waals surface area contributed by atoms with Crippen LogP contribution in [0.4, 0.5) is 0 Å². The van der Waals surface area contributed by atoms with Gasteiger partial charge in [-0.25, -0.2) is 4.79 Å². The molecule has 0 amide bonds. The highest BCUT2D eigenvalue weighted by Gasteiger charge is 2.60. The number of hydrogen-bond acceptors (Lipinski definition) is 41. The molecular formula is C55H84O41S. The third kappa shape index (κ3) is 15.7. The molecule has 42 heteroatoms. The van der Waals surface area contributed by atoms with Crippen LogP contribution in [0, 0.1) is 0 Å². The van der Waals surface area contributed by atoms with Gasteiger partial charge in [-0.15, -0.1) is 11.8 Å². The summed E-state index contributed by atoms with van der Waals surface area (Å²) in [6.07, 6.45) is -82.8. The lowest BCUT2D eigenvalue weighted by atomic mass is 9.95. The quantitative estimate of drug-likeness (QED) is 0.0915. The molecule has 40 atom stereocenters. The molecule has 41 nitrogen and oxygen atoms in total. The van der Waals surface area contributed by atoms with Crippen molar-refractivity contribution in [2.24, 2.45) is 0 Å². The molecule has 1 aromatic carbocycles. The zero-order chi connectivity index (χ0) is 70.3. The number of aliphatic hydroxyl groups is 23. The van der Waals surface area contributed by atoms with Gasteiger partial charge in [0.2, 0.25) is 0 Å². The highest BCUT2D eigenvalue weighted by atomic mass is 32.2. The third-order valence-electron chi connectivity index (χ3n) is 18.2. The summed E-state index contributed by atoms with van der Waals surface area (Å²) in [5, 5.41) is 268. The summed E-state index contributed by atoms with van der Waals surface area (Å²) >= 11 is 0.793. The second-order valence-corrected chi connectivity index (χ2v) is 25.5. The molecule has 30 aliphatic heterocycles. The van der Waals surface area contributed by atoms with Gasteiger partial charge in [-0.3, -0.25) is 0 Å². The Balaban J connectivity index is 0.936. The smallest absolute Gasteiger partial charge is 0.336 e. The summed E-state index contributed by atoms with van der Waals surface area (Å²) in [6, 6.07) is 5.57. The van der Waals surface area contributed by atoms with Crippen LogP contribution in [0.3, 0.4) is 0 Å². The lowest BCUT2D eigenvalue weighted by Gasteiger charge is -2.50. The van der Waals surface area contributed by atoms with Gasteiger partial charge < -0.3 is 198 Å². The van der Waals surface area contributed by atoms with Crippen molar-refractivity contribution in [3.63, 3.8) is 0 Å². The van der Waals surface area contributed by atoms with E-state index < -0.39 is 304 Å². The Morgan fingerprint density at radius 1 is 0.268 bits per heavy atom.